The zero-order chi connectivity index (χ0) is 26.8. The monoisotopic (exact) mass is 564 g/mol. The van der Waals surface area contributed by atoms with Crippen molar-refractivity contribution in [1.29, 1.82) is 0 Å². The maximum absolute atomic E-state index is 13.5. The summed E-state index contributed by atoms with van der Waals surface area (Å²) in [6.45, 7) is 1.60. The Morgan fingerprint density at radius 2 is 1.78 bits per heavy atom. The number of hydrogen-bond acceptors (Lipinski definition) is 9. The molecule has 0 saturated carbocycles. The number of methoxy groups -OCH3 is 1. The Balaban J connectivity index is 1.61. The lowest BCUT2D eigenvalue weighted by Crippen LogP contribution is -2.34. The topological polar surface area (TPSA) is 117 Å². The number of para-hydroxylation sites is 1. The molecule has 0 aliphatic carbocycles. The van der Waals surface area contributed by atoms with Gasteiger partial charge in [0.25, 0.3) is 0 Å². The van der Waals surface area contributed by atoms with Crippen LogP contribution in [0.2, 0.25) is 5.02 Å². The molecule has 1 aliphatic rings. The van der Waals surface area contributed by atoms with Gasteiger partial charge in [-0.05, 0) is 37.4 Å². The molecule has 2 heterocycles. The molecular formula is C24H30ClN6O4PS. The van der Waals surface area contributed by atoms with Crippen molar-refractivity contribution in [3.63, 3.8) is 0 Å². The molecule has 1 saturated heterocycles. The molecule has 2 aromatic carbocycles. The van der Waals surface area contributed by atoms with Crippen LogP contribution in [0.4, 0.5) is 23.1 Å². The van der Waals surface area contributed by atoms with Crippen molar-refractivity contribution >= 4 is 57.2 Å². The van der Waals surface area contributed by atoms with E-state index in [1.807, 2.05) is 19.2 Å². The minimum atomic E-state index is -3.70. The molecule has 0 radical (unpaired) electrons. The summed E-state index contributed by atoms with van der Waals surface area (Å²) >= 11 is 6.33. The van der Waals surface area contributed by atoms with Gasteiger partial charge in [0.1, 0.15) is 22.8 Å². The Hall–Kier alpha value is -2.69. The Labute approximate surface area is 222 Å². The van der Waals surface area contributed by atoms with E-state index in [0.717, 1.165) is 22.7 Å². The first-order valence-electron chi connectivity index (χ1n) is 11.6. The van der Waals surface area contributed by atoms with Crippen molar-refractivity contribution in [2.45, 2.75) is 4.90 Å². The van der Waals surface area contributed by atoms with Crippen LogP contribution in [-0.4, -0.2) is 81.3 Å². The molecule has 4 rings (SSSR count). The van der Waals surface area contributed by atoms with Crippen LogP contribution in [0.15, 0.2) is 53.6 Å². The minimum Gasteiger partial charge on any atom is -0.495 e. The molecule has 2 N–H and O–H groups in total. The molecule has 1 fully saturated rings. The zero-order valence-corrected chi connectivity index (χ0v) is 23.6. The van der Waals surface area contributed by atoms with Crippen LogP contribution in [0.3, 0.4) is 0 Å². The average Bonchev–Trinajstić information content (AvgIpc) is 2.88. The second kappa shape index (κ2) is 11.0. The van der Waals surface area contributed by atoms with E-state index in [4.69, 9.17) is 16.3 Å². The van der Waals surface area contributed by atoms with E-state index in [9.17, 15) is 13.0 Å². The number of anilines is 4. The summed E-state index contributed by atoms with van der Waals surface area (Å²) in [6.07, 6.45) is 2.69. The van der Waals surface area contributed by atoms with Crippen LogP contribution in [-0.2, 0) is 14.6 Å². The van der Waals surface area contributed by atoms with Crippen molar-refractivity contribution in [1.82, 2.24) is 19.2 Å². The molecular weight excluding hydrogens is 535 g/mol. The fourth-order valence-corrected chi connectivity index (χ4v) is 7.88. The van der Waals surface area contributed by atoms with Gasteiger partial charge in [0.05, 0.1) is 24.7 Å². The maximum atomic E-state index is 13.5. The van der Waals surface area contributed by atoms with Gasteiger partial charge in [0, 0.05) is 44.8 Å². The Morgan fingerprint density at radius 1 is 1.08 bits per heavy atom. The second-order valence-corrected chi connectivity index (χ2v) is 14.7. The first-order chi connectivity index (χ1) is 17.5. The number of rotatable bonds is 8. The highest BCUT2D eigenvalue weighted by molar-refractivity contribution is 7.89. The number of ether oxygens (including phenoxy) is 1. The van der Waals surface area contributed by atoms with Gasteiger partial charge in [0.2, 0.25) is 16.0 Å². The highest BCUT2D eigenvalue weighted by atomic mass is 35.5. The van der Waals surface area contributed by atoms with Crippen LogP contribution in [0.1, 0.15) is 0 Å². The lowest BCUT2D eigenvalue weighted by molar-refractivity contribution is 0.361. The van der Waals surface area contributed by atoms with Crippen LogP contribution in [0.5, 0.6) is 5.75 Å². The number of nitrogens with zero attached hydrogens (tertiary/aromatic N) is 4. The molecule has 0 bridgehead atoms. The third kappa shape index (κ3) is 5.91. The van der Waals surface area contributed by atoms with Gasteiger partial charge in [-0.15, -0.1) is 0 Å². The summed E-state index contributed by atoms with van der Waals surface area (Å²) in [7, 11) is 0.326. The lowest BCUT2D eigenvalue weighted by atomic mass is 10.3. The predicted octanol–water partition coefficient (Wildman–Crippen LogP) is 3.81. The Bertz CT molecular complexity index is 1440. The van der Waals surface area contributed by atoms with Crippen LogP contribution >= 0.6 is 18.7 Å². The molecule has 13 heteroatoms. The van der Waals surface area contributed by atoms with Crippen LogP contribution in [0.25, 0.3) is 0 Å². The number of aromatic nitrogens is 2. The van der Waals surface area contributed by atoms with E-state index >= 15 is 0 Å². The van der Waals surface area contributed by atoms with Crippen molar-refractivity contribution in [2.75, 3.05) is 64.3 Å². The summed E-state index contributed by atoms with van der Waals surface area (Å²) in [4.78, 5) is 11.0. The largest absolute Gasteiger partial charge is 0.495 e. The SMILES string of the molecule is COc1cc(P2(=O)CCN(C)CC2)ccc1Nc1ncc(Cl)c(Nc2ccccc2S(=O)(=O)N(C)C)n1. The fourth-order valence-electron chi connectivity index (χ4n) is 3.94. The van der Waals surface area contributed by atoms with Gasteiger partial charge in [-0.2, -0.15) is 4.98 Å². The number of sulfonamides is 1. The molecule has 198 valence electrons. The summed E-state index contributed by atoms with van der Waals surface area (Å²) in [6, 6.07) is 12.0. The van der Waals surface area contributed by atoms with E-state index in [1.54, 1.807) is 31.4 Å². The molecule has 0 amide bonds. The van der Waals surface area contributed by atoms with Gasteiger partial charge < -0.3 is 24.8 Å². The predicted molar refractivity (Wildman–Crippen MR) is 148 cm³/mol. The Kier molecular flexibility index (Phi) is 8.11. The summed E-state index contributed by atoms with van der Waals surface area (Å²) in [5.74, 6) is 0.964. The summed E-state index contributed by atoms with van der Waals surface area (Å²) in [5, 5.41) is 7.14. The van der Waals surface area contributed by atoms with Crippen molar-refractivity contribution in [2.24, 2.45) is 0 Å². The van der Waals surface area contributed by atoms with E-state index in [1.165, 1.54) is 26.4 Å². The average molecular weight is 565 g/mol. The molecule has 0 spiro atoms. The summed E-state index contributed by atoms with van der Waals surface area (Å²) in [5.41, 5.74) is 0.920. The van der Waals surface area contributed by atoms with E-state index in [-0.39, 0.29) is 21.7 Å². The van der Waals surface area contributed by atoms with Crippen molar-refractivity contribution in [3.05, 3.63) is 53.7 Å². The summed E-state index contributed by atoms with van der Waals surface area (Å²) < 4.78 is 45.7. The standard InChI is InChI=1S/C24H30ClN6O4PS/c1-30(2)37(33,34)22-8-6-5-7-20(22)27-23-18(25)16-26-24(29-23)28-19-10-9-17(15-21(19)35-4)36(32)13-11-31(3)12-14-36/h5-10,15-16H,11-14H2,1-4H3,(H2,26,27,28,29). The van der Waals surface area contributed by atoms with Crippen LogP contribution < -0.4 is 20.7 Å². The number of halogens is 1. The molecule has 1 aromatic heterocycles. The van der Waals surface area contributed by atoms with Gasteiger partial charge in [-0.1, -0.05) is 23.7 Å². The first-order valence-corrected chi connectivity index (χ1v) is 15.5. The van der Waals surface area contributed by atoms with E-state index in [2.05, 4.69) is 25.5 Å². The number of nitrogens with one attached hydrogen (secondary N) is 2. The third-order valence-electron chi connectivity index (χ3n) is 6.23. The quantitative estimate of drug-likeness (QED) is 0.394. The number of benzene rings is 2. The van der Waals surface area contributed by atoms with Crippen LogP contribution in [0, 0.1) is 0 Å². The van der Waals surface area contributed by atoms with Gasteiger partial charge in [0.15, 0.2) is 5.82 Å². The first kappa shape index (κ1) is 27.3. The van der Waals surface area contributed by atoms with Gasteiger partial charge in [-0.3, -0.25) is 0 Å². The van der Waals surface area contributed by atoms with Crippen molar-refractivity contribution in [3.8, 4) is 5.75 Å². The van der Waals surface area contributed by atoms with Gasteiger partial charge in [-0.25, -0.2) is 17.7 Å². The fraction of sp³-hybridized carbons (Fsp3) is 0.333. The molecule has 37 heavy (non-hydrogen) atoms. The lowest BCUT2D eigenvalue weighted by Gasteiger charge is -2.30. The minimum absolute atomic E-state index is 0.0882. The molecule has 0 atom stereocenters. The van der Waals surface area contributed by atoms with Crippen molar-refractivity contribution < 1.29 is 17.7 Å². The normalized spacial score (nSPS) is 15.9. The second-order valence-electron chi connectivity index (χ2n) is 8.95. The zero-order valence-electron chi connectivity index (χ0n) is 21.1. The molecule has 1 aliphatic heterocycles. The third-order valence-corrected chi connectivity index (χ3v) is 11.4. The molecule has 10 nitrogen and oxygen atoms in total. The smallest absolute Gasteiger partial charge is 0.244 e. The Morgan fingerprint density at radius 3 is 2.46 bits per heavy atom. The van der Waals surface area contributed by atoms with E-state index in [0.29, 0.717) is 29.4 Å². The van der Waals surface area contributed by atoms with E-state index < -0.39 is 17.2 Å². The van der Waals surface area contributed by atoms with Gasteiger partial charge >= 0.3 is 0 Å². The molecule has 0 unspecified atom stereocenters. The highest BCUT2D eigenvalue weighted by Gasteiger charge is 2.30. The maximum Gasteiger partial charge on any atom is 0.244 e. The molecule has 3 aromatic rings. The number of hydrogen-bond donors (Lipinski definition) is 2. The highest BCUT2D eigenvalue weighted by Crippen LogP contribution is 2.47.